The number of hydrogen-bond donors (Lipinski definition) is 2. The summed E-state index contributed by atoms with van der Waals surface area (Å²) in [7, 11) is 0. The topological polar surface area (TPSA) is 99.0 Å². The maximum Gasteiger partial charge on any atom is 0.240 e. The van der Waals surface area contributed by atoms with Crippen LogP contribution in [0.25, 0.3) is 28.1 Å². The fourth-order valence-corrected chi connectivity index (χ4v) is 3.70. The Morgan fingerprint density at radius 3 is 2.67 bits per heavy atom. The van der Waals surface area contributed by atoms with Crippen molar-refractivity contribution in [2.75, 3.05) is 0 Å². The summed E-state index contributed by atoms with van der Waals surface area (Å²) in [5.74, 6) is 0.919. The van der Waals surface area contributed by atoms with Crippen molar-refractivity contribution >= 4 is 28.4 Å². The van der Waals surface area contributed by atoms with Gasteiger partial charge in [0.15, 0.2) is 0 Å². The lowest BCUT2D eigenvalue weighted by Crippen LogP contribution is -2.42. The molecule has 1 aliphatic rings. The van der Waals surface area contributed by atoms with Crippen LogP contribution in [0.1, 0.15) is 24.3 Å². The number of carbonyl (C=O) groups is 1. The summed E-state index contributed by atoms with van der Waals surface area (Å²) in [4.78, 5) is 16.4. The Morgan fingerprint density at radius 1 is 1.23 bits per heavy atom. The number of nitrogens with zero attached hydrogens (tertiary/aromatic N) is 3. The Bertz CT molecular complexity index is 1250. The SMILES string of the molecule is Cc1nc(-c2cc3cc(Cl)ccc3n2-c2ccc(CNC(=O)C3(N)CC3)cc2)no1. The number of halogens is 1. The highest BCUT2D eigenvalue weighted by Gasteiger charge is 2.45. The summed E-state index contributed by atoms with van der Waals surface area (Å²) in [6.45, 7) is 2.20. The van der Waals surface area contributed by atoms with E-state index in [1.54, 1.807) is 6.92 Å². The lowest BCUT2D eigenvalue weighted by Gasteiger charge is -2.12. The monoisotopic (exact) mass is 421 g/mol. The Hall–Kier alpha value is -3.16. The van der Waals surface area contributed by atoms with E-state index in [1.165, 1.54) is 0 Å². The molecule has 2 aromatic heterocycles. The number of amides is 1. The van der Waals surface area contributed by atoms with Gasteiger partial charge in [-0.1, -0.05) is 28.9 Å². The molecule has 1 amide bonds. The second-order valence-corrected chi connectivity index (χ2v) is 8.15. The lowest BCUT2D eigenvalue weighted by atomic mass is 10.2. The summed E-state index contributed by atoms with van der Waals surface area (Å²) in [6.07, 6.45) is 1.50. The standard InChI is InChI=1S/C22H20ClN5O2/c1-13-26-20(27-30-13)19-11-15-10-16(23)4-7-18(15)28(19)17-5-2-14(3-6-17)12-25-21(29)22(24)8-9-22/h2-7,10-11H,8-9,12,24H2,1H3,(H,25,29). The Balaban J connectivity index is 1.49. The molecular formula is C22H20ClN5O2. The van der Waals surface area contributed by atoms with Crippen LogP contribution in [-0.4, -0.2) is 26.2 Å². The van der Waals surface area contributed by atoms with E-state index in [2.05, 4.69) is 20.0 Å². The molecule has 0 spiro atoms. The van der Waals surface area contributed by atoms with Crippen LogP contribution in [0, 0.1) is 6.92 Å². The Kier molecular flexibility index (Phi) is 4.38. The third-order valence-corrected chi connectivity index (χ3v) is 5.64. The molecule has 0 saturated heterocycles. The number of hydrogen-bond acceptors (Lipinski definition) is 5. The summed E-state index contributed by atoms with van der Waals surface area (Å²) in [5.41, 5.74) is 9.00. The fraction of sp³-hybridized carbons (Fsp3) is 0.227. The zero-order chi connectivity index (χ0) is 20.9. The summed E-state index contributed by atoms with van der Waals surface area (Å²) < 4.78 is 7.25. The third-order valence-electron chi connectivity index (χ3n) is 5.41. The van der Waals surface area contributed by atoms with E-state index in [9.17, 15) is 4.79 Å². The molecule has 1 saturated carbocycles. The second kappa shape index (κ2) is 6.97. The summed E-state index contributed by atoms with van der Waals surface area (Å²) in [5, 5.41) is 8.64. The molecule has 5 rings (SSSR count). The van der Waals surface area contributed by atoms with Crippen molar-refractivity contribution in [2.45, 2.75) is 31.8 Å². The van der Waals surface area contributed by atoms with E-state index >= 15 is 0 Å². The van der Waals surface area contributed by atoms with Gasteiger partial charge in [-0.15, -0.1) is 0 Å². The van der Waals surface area contributed by atoms with E-state index in [-0.39, 0.29) is 5.91 Å². The third kappa shape index (κ3) is 3.36. The molecule has 0 radical (unpaired) electrons. The van der Waals surface area contributed by atoms with E-state index in [1.807, 2.05) is 48.5 Å². The molecule has 2 heterocycles. The van der Waals surface area contributed by atoms with Gasteiger partial charge in [0.05, 0.1) is 16.7 Å². The summed E-state index contributed by atoms with van der Waals surface area (Å²) >= 11 is 6.19. The number of benzene rings is 2. The van der Waals surface area contributed by atoms with Crippen LogP contribution in [-0.2, 0) is 11.3 Å². The predicted octanol–water partition coefficient (Wildman–Crippen LogP) is 3.75. The Labute approximate surface area is 177 Å². The van der Waals surface area contributed by atoms with Crippen LogP contribution in [0.3, 0.4) is 0 Å². The van der Waals surface area contributed by atoms with Crippen molar-refractivity contribution in [1.82, 2.24) is 20.0 Å². The number of aryl methyl sites for hydroxylation is 1. The molecule has 0 aliphatic heterocycles. The fourth-order valence-electron chi connectivity index (χ4n) is 3.52. The van der Waals surface area contributed by atoms with Gasteiger partial charge in [0.1, 0.15) is 0 Å². The number of rotatable bonds is 5. The van der Waals surface area contributed by atoms with Crippen LogP contribution in [0.2, 0.25) is 5.02 Å². The van der Waals surface area contributed by atoms with Gasteiger partial charge in [0.25, 0.3) is 0 Å². The molecule has 152 valence electrons. The minimum atomic E-state index is -0.664. The highest BCUT2D eigenvalue weighted by molar-refractivity contribution is 6.31. The average Bonchev–Trinajstić information content (AvgIpc) is 3.18. The van der Waals surface area contributed by atoms with Gasteiger partial charge in [-0.3, -0.25) is 4.79 Å². The highest BCUT2D eigenvalue weighted by Crippen LogP contribution is 2.33. The van der Waals surface area contributed by atoms with E-state index in [0.29, 0.717) is 23.3 Å². The van der Waals surface area contributed by atoms with Crippen LogP contribution in [0.15, 0.2) is 53.1 Å². The average molecular weight is 422 g/mol. The summed E-state index contributed by atoms with van der Waals surface area (Å²) in [6, 6.07) is 15.7. The molecule has 0 atom stereocenters. The van der Waals surface area contributed by atoms with Gasteiger partial charge in [-0.25, -0.2) is 0 Å². The molecule has 1 aliphatic carbocycles. The minimum Gasteiger partial charge on any atom is -0.350 e. The molecule has 4 aromatic rings. The molecule has 30 heavy (non-hydrogen) atoms. The highest BCUT2D eigenvalue weighted by atomic mass is 35.5. The quantitative estimate of drug-likeness (QED) is 0.511. The van der Waals surface area contributed by atoms with Gasteiger partial charge in [0.2, 0.25) is 17.6 Å². The van der Waals surface area contributed by atoms with Gasteiger partial charge >= 0.3 is 0 Å². The zero-order valence-corrected chi connectivity index (χ0v) is 17.1. The minimum absolute atomic E-state index is 0.0883. The van der Waals surface area contributed by atoms with E-state index < -0.39 is 5.54 Å². The van der Waals surface area contributed by atoms with Gasteiger partial charge in [0, 0.05) is 29.6 Å². The number of aromatic nitrogens is 3. The van der Waals surface area contributed by atoms with E-state index in [0.717, 1.165) is 40.7 Å². The van der Waals surface area contributed by atoms with Gasteiger partial charge in [-0.05, 0) is 54.8 Å². The molecule has 2 aromatic carbocycles. The first kappa shape index (κ1) is 18.8. The van der Waals surface area contributed by atoms with Crippen LogP contribution in [0.4, 0.5) is 0 Å². The molecule has 7 nitrogen and oxygen atoms in total. The van der Waals surface area contributed by atoms with Crippen LogP contribution >= 0.6 is 11.6 Å². The van der Waals surface area contributed by atoms with Crippen molar-refractivity contribution in [2.24, 2.45) is 5.73 Å². The zero-order valence-electron chi connectivity index (χ0n) is 16.4. The van der Waals surface area contributed by atoms with Crippen molar-refractivity contribution < 1.29 is 9.32 Å². The number of carbonyl (C=O) groups excluding carboxylic acids is 1. The van der Waals surface area contributed by atoms with Crippen LogP contribution < -0.4 is 11.1 Å². The maximum atomic E-state index is 12.1. The molecule has 0 unspecified atom stereocenters. The van der Waals surface area contributed by atoms with Crippen molar-refractivity contribution in [3.05, 3.63) is 65.0 Å². The molecular weight excluding hydrogens is 402 g/mol. The number of fused-ring (bicyclic) bond motifs is 1. The number of nitrogens with one attached hydrogen (secondary N) is 1. The first-order valence-electron chi connectivity index (χ1n) is 9.71. The number of nitrogens with two attached hydrogens (primary N) is 1. The maximum absolute atomic E-state index is 12.1. The van der Waals surface area contributed by atoms with Gasteiger partial charge < -0.3 is 20.1 Å². The van der Waals surface area contributed by atoms with Crippen molar-refractivity contribution in [1.29, 1.82) is 0 Å². The van der Waals surface area contributed by atoms with Crippen molar-refractivity contribution in [3.63, 3.8) is 0 Å². The first-order chi connectivity index (χ1) is 14.4. The molecule has 8 heteroatoms. The first-order valence-corrected chi connectivity index (χ1v) is 10.1. The lowest BCUT2D eigenvalue weighted by molar-refractivity contribution is -0.123. The molecule has 0 bridgehead atoms. The smallest absolute Gasteiger partial charge is 0.240 e. The second-order valence-electron chi connectivity index (χ2n) is 7.71. The normalized spacial score (nSPS) is 14.8. The van der Waals surface area contributed by atoms with Crippen LogP contribution in [0.5, 0.6) is 0 Å². The predicted molar refractivity (Wildman–Crippen MR) is 114 cm³/mol. The molecule has 3 N–H and O–H groups in total. The van der Waals surface area contributed by atoms with Gasteiger partial charge in [-0.2, -0.15) is 4.98 Å². The largest absolute Gasteiger partial charge is 0.350 e. The van der Waals surface area contributed by atoms with Crippen molar-refractivity contribution in [3.8, 4) is 17.2 Å². The molecule has 1 fully saturated rings. The van der Waals surface area contributed by atoms with E-state index in [4.69, 9.17) is 21.9 Å². The Morgan fingerprint density at radius 2 is 2.00 bits per heavy atom.